The summed E-state index contributed by atoms with van der Waals surface area (Å²) in [6.07, 6.45) is 10.2. The number of azide groups is 1. The minimum absolute atomic E-state index is 0.0962. The molecule has 31 heteroatoms. The number of hydrogen-bond acceptors (Lipinski definition) is 15. The van der Waals surface area contributed by atoms with Crippen LogP contribution in [-0.4, -0.2) is 69.9 Å². The first-order chi connectivity index (χ1) is 42.8. The zero-order valence-electron chi connectivity index (χ0n) is 45.3. The van der Waals surface area contributed by atoms with E-state index >= 15 is 0 Å². The highest BCUT2D eigenvalue weighted by Gasteiger charge is 2.13. The summed E-state index contributed by atoms with van der Waals surface area (Å²) in [5, 5.41) is 36.2. The number of carboxylic acids is 1. The Labute approximate surface area is 585 Å². The van der Waals surface area contributed by atoms with Crippen molar-refractivity contribution in [3.05, 3.63) is 262 Å². The van der Waals surface area contributed by atoms with Crippen molar-refractivity contribution in [2.24, 2.45) is 5.11 Å². The maximum atomic E-state index is 12.1. The van der Waals surface area contributed by atoms with Crippen molar-refractivity contribution in [2.45, 2.75) is 13.1 Å². The first-order valence-corrected chi connectivity index (χ1v) is 33.0. The first kappa shape index (κ1) is 70.9. The molecule has 89 heavy (non-hydrogen) atoms. The number of anilines is 1. The molecule has 0 unspecified atom stereocenters. The number of halogens is 7. The van der Waals surface area contributed by atoms with Gasteiger partial charge in [-0.2, -0.15) is 0 Å². The molecule has 0 aliphatic heterocycles. The monoisotopic (exact) mass is 1680 g/mol. The van der Waals surface area contributed by atoms with E-state index in [1.54, 1.807) is 99.3 Å². The van der Waals surface area contributed by atoms with Crippen molar-refractivity contribution in [2.75, 3.05) is 12.3 Å². The maximum Gasteiger partial charge on any atom is 0.345 e. The van der Waals surface area contributed by atoms with Crippen molar-refractivity contribution in [3.8, 4) is 29.4 Å². The van der Waals surface area contributed by atoms with Gasteiger partial charge in [-0.15, -0.1) is 62.0 Å². The smallest absolute Gasteiger partial charge is 0.345 e. The number of nitrogens with one attached hydrogen (secondary N) is 3. The summed E-state index contributed by atoms with van der Waals surface area (Å²) in [4.78, 5) is 61.9. The van der Waals surface area contributed by atoms with Gasteiger partial charge in [0.25, 0.3) is 23.3 Å². The van der Waals surface area contributed by atoms with E-state index < -0.39 is 5.97 Å². The Morgan fingerprint density at radius 2 is 0.966 bits per heavy atom. The van der Waals surface area contributed by atoms with Gasteiger partial charge in [-0.25, -0.2) is 14.2 Å². The molecule has 454 valence electrons. The molecule has 0 spiro atoms. The van der Waals surface area contributed by atoms with Crippen LogP contribution in [-0.2, 0) is 13.1 Å². The summed E-state index contributed by atoms with van der Waals surface area (Å²) in [6, 6.07) is 48.6. The largest absolute Gasteiger partial charge is 0.477 e. The summed E-state index contributed by atoms with van der Waals surface area (Å²) in [5.74, 6) is 0.844. The third-order valence-electron chi connectivity index (χ3n) is 10.6. The van der Waals surface area contributed by atoms with Crippen LogP contribution >= 0.6 is 160 Å². The van der Waals surface area contributed by atoms with E-state index in [1.165, 1.54) is 49.7 Å². The molecule has 3 amide bonds. The molecule has 7 heterocycles. The van der Waals surface area contributed by atoms with Crippen molar-refractivity contribution in [1.29, 1.82) is 0 Å². The lowest BCUT2D eigenvalue weighted by molar-refractivity contribution is 0.0701. The highest BCUT2D eigenvalue weighted by Crippen LogP contribution is 2.24. The average Bonchev–Trinajstić information content (AvgIpc) is 3.70. The predicted octanol–water partition coefficient (Wildman–Crippen LogP) is 15.6. The lowest BCUT2D eigenvalue weighted by Crippen LogP contribution is -2.22. The number of nitrogens with two attached hydrogens (primary N) is 1. The number of nitrogens with zero attached hydrogens (tertiary/aromatic N) is 10. The SMILES string of the molecule is C#CCNC(=O)c1ccc(Cl)s1.Nc1ccc(I)cc1.O=C(NCc1cn(-c2ccc(-n3ccccc3=O)cc2)nn1)c1ccc(Cl)s1.O=C(NCc1cn(-c2ccc(I)cc2)nn1)c1ccc(Cl)s1.O=C(O)c1ccc(Cl)s1.[N-]=[N+]=Nc1ccc(I)cc1. The fourth-order valence-electron chi connectivity index (χ4n) is 6.51. The first-order valence-electron chi connectivity index (χ1n) is 25.0. The Morgan fingerprint density at radius 3 is 1.34 bits per heavy atom. The van der Waals surface area contributed by atoms with Crippen LogP contribution in [0.25, 0.3) is 27.5 Å². The number of carboxylic acid groups (broad SMARTS) is 1. The topological polar surface area (TPSA) is 283 Å². The standard InChI is InChI=1S/C19H14ClN5O2S.C14H10ClIN4OS.C8H6ClNOS.C6H4IN3.C6H6IN.C5H3ClO2S/c20-17-9-8-16(28-17)19(27)21-11-13-12-25(23-22-13)15-6-4-14(5-7-15)24-10-2-1-3-18(24)26;15-13-6-5-12(22-13)14(21)17-7-10-8-20(19-18-10)11-3-1-9(16)2-4-11;1-2-5-10-8(11)6-3-4-7(9)12-6;7-5-1-3-6(4-2-5)9-10-8;7-5-1-3-6(8)4-2-5;6-4-2-1-3(9-4)5(7)8/h1-10,12H,11H2,(H,21,27);1-6,8H,7H2,(H,17,21);1,3-4H,5H2,(H,10,11);1-4H;1-4H,8H2;1-2H,(H,7,8). The maximum absolute atomic E-state index is 12.1. The molecule has 0 aliphatic carbocycles. The van der Waals surface area contributed by atoms with Gasteiger partial charge in [0.15, 0.2) is 0 Å². The molecule has 0 aliphatic rings. The Kier molecular flexibility index (Phi) is 29.5. The van der Waals surface area contributed by atoms with Crippen LogP contribution < -0.4 is 27.2 Å². The third kappa shape index (κ3) is 24.6. The summed E-state index contributed by atoms with van der Waals surface area (Å²) < 4.78 is 10.6. The van der Waals surface area contributed by atoms with Gasteiger partial charge in [0.05, 0.1) is 75.4 Å². The van der Waals surface area contributed by atoms with Gasteiger partial charge in [-0.1, -0.05) is 86.1 Å². The zero-order valence-corrected chi connectivity index (χ0v) is 58.1. The number of nitrogen functional groups attached to an aromatic ring is 1. The van der Waals surface area contributed by atoms with Crippen molar-refractivity contribution in [1.82, 2.24) is 50.5 Å². The van der Waals surface area contributed by atoms with Gasteiger partial charge in [0.2, 0.25) is 0 Å². The fourth-order valence-corrected chi connectivity index (χ4v) is 11.3. The Morgan fingerprint density at radius 1 is 0.573 bits per heavy atom. The quantitative estimate of drug-likeness (QED) is 0.0181. The van der Waals surface area contributed by atoms with E-state index in [4.69, 9.17) is 69.2 Å². The molecule has 11 rings (SSSR count). The molecule has 0 radical (unpaired) electrons. The van der Waals surface area contributed by atoms with Crippen LogP contribution in [0, 0.1) is 23.1 Å². The van der Waals surface area contributed by atoms with E-state index in [1.807, 2.05) is 84.9 Å². The summed E-state index contributed by atoms with van der Waals surface area (Å²) >= 11 is 34.2. The molecular formula is C58H43Cl4I3N14O6S4. The normalized spacial score (nSPS) is 9.96. The minimum atomic E-state index is -0.924. The average molecular weight is 1680 g/mol. The van der Waals surface area contributed by atoms with Crippen molar-refractivity contribution in [3.63, 3.8) is 0 Å². The molecule has 4 aromatic carbocycles. The molecule has 0 fully saturated rings. The van der Waals surface area contributed by atoms with Gasteiger partial charge in [0, 0.05) is 44.9 Å². The number of benzene rings is 4. The number of terminal acetylenes is 1. The van der Waals surface area contributed by atoms with E-state index in [0.717, 1.165) is 41.2 Å². The number of thiophene rings is 4. The van der Waals surface area contributed by atoms with Gasteiger partial charge in [-0.05, 0) is 213 Å². The molecule has 20 nitrogen and oxygen atoms in total. The number of aromatic nitrogens is 7. The van der Waals surface area contributed by atoms with Crippen LogP contribution in [0.5, 0.6) is 0 Å². The third-order valence-corrected chi connectivity index (χ3v) is 17.7. The van der Waals surface area contributed by atoms with Crippen LogP contribution in [0.2, 0.25) is 17.3 Å². The number of rotatable bonds is 13. The number of amides is 3. The van der Waals surface area contributed by atoms with E-state index in [2.05, 4.69) is 120 Å². The number of aromatic carboxylic acids is 1. The highest BCUT2D eigenvalue weighted by molar-refractivity contribution is 14.1. The second kappa shape index (κ2) is 37.1. The summed E-state index contributed by atoms with van der Waals surface area (Å²) in [5.41, 5.74) is 18.6. The molecule has 0 saturated carbocycles. The number of hydrogen-bond donors (Lipinski definition) is 5. The number of pyridine rings is 1. The van der Waals surface area contributed by atoms with E-state index in [9.17, 15) is 24.0 Å². The zero-order chi connectivity index (χ0) is 64.2. The van der Waals surface area contributed by atoms with Crippen LogP contribution in [0.15, 0.2) is 192 Å². The molecular weight excluding hydrogens is 1640 g/mol. The second-order valence-corrected chi connectivity index (χ2v) is 27.5. The van der Waals surface area contributed by atoms with Crippen LogP contribution in [0.1, 0.15) is 50.1 Å². The Bertz CT molecular complexity index is 4240. The van der Waals surface area contributed by atoms with Gasteiger partial charge >= 0.3 is 5.97 Å². The molecule has 6 N–H and O–H groups in total. The van der Waals surface area contributed by atoms with Gasteiger partial charge < -0.3 is 26.8 Å². The summed E-state index contributed by atoms with van der Waals surface area (Å²) in [6.45, 7) is 0.818. The van der Waals surface area contributed by atoms with E-state index in [-0.39, 0.29) is 41.2 Å². The Hall–Kier alpha value is -7.19. The molecule has 7 aromatic heterocycles. The molecule has 0 bridgehead atoms. The second-order valence-electron chi connectivity index (χ2n) is 16.9. The molecule has 11 aromatic rings. The van der Waals surface area contributed by atoms with Crippen molar-refractivity contribution < 1.29 is 24.3 Å². The van der Waals surface area contributed by atoms with Gasteiger partial charge in [-0.3, -0.25) is 23.7 Å². The van der Waals surface area contributed by atoms with Crippen LogP contribution in [0.4, 0.5) is 11.4 Å². The fraction of sp³-hybridized carbons (Fsp3) is 0.0517. The number of carbonyl (C=O) groups is 4. The lowest BCUT2D eigenvalue weighted by atomic mass is 10.2. The number of carbonyl (C=O) groups excluding carboxylic acids is 3. The minimum Gasteiger partial charge on any atom is -0.477 e. The van der Waals surface area contributed by atoms with Crippen molar-refractivity contribution >= 4 is 195 Å². The lowest BCUT2D eigenvalue weighted by Gasteiger charge is -2.06. The van der Waals surface area contributed by atoms with Gasteiger partial charge in [0.1, 0.15) is 16.3 Å². The molecule has 0 saturated heterocycles. The Balaban J connectivity index is 0.000000183. The summed E-state index contributed by atoms with van der Waals surface area (Å²) in [7, 11) is 0. The molecule has 0 atom stereocenters. The highest BCUT2D eigenvalue weighted by atomic mass is 127. The van der Waals surface area contributed by atoms with Crippen LogP contribution in [0.3, 0.4) is 0 Å². The predicted molar refractivity (Wildman–Crippen MR) is 380 cm³/mol. The van der Waals surface area contributed by atoms with E-state index in [0.29, 0.717) is 55.6 Å².